The molecule has 158 valence electrons. The molecule has 0 aliphatic carbocycles. The van der Waals surface area contributed by atoms with Crippen molar-refractivity contribution in [3.63, 3.8) is 0 Å². The highest BCUT2D eigenvalue weighted by molar-refractivity contribution is 14.0. The molecule has 0 spiro atoms. The Morgan fingerprint density at radius 1 is 1.21 bits per heavy atom. The third-order valence-corrected chi connectivity index (χ3v) is 4.53. The summed E-state index contributed by atoms with van der Waals surface area (Å²) in [5.74, 6) is 2.82. The summed E-state index contributed by atoms with van der Waals surface area (Å²) in [5.41, 5.74) is 3.28. The maximum absolute atomic E-state index is 9.40. The predicted molar refractivity (Wildman–Crippen MR) is 127 cm³/mol. The van der Waals surface area contributed by atoms with Crippen molar-refractivity contribution in [2.75, 3.05) is 13.2 Å². The van der Waals surface area contributed by atoms with Gasteiger partial charge >= 0.3 is 0 Å². The first kappa shape index (κ1) is 23.1. The Morgan fingerprint density at radius 3 is 2.66 bits per heavy atom. The molecule has 1 atom stereocenters. The normalized spacial score (nSPS) is 15.1. The lowest BCUT2D eigenvalue weighted by molar-refractivity contribution is 0.254. The zero-order chi connectivity index (χ0) is 19.9. The lowest BCUT2D eigenvalue weighted by atomic mass is 10.1. The number of aromatic hydroxyl groups is 1. The van der Waals surface area contributed by atoms with E-state index in [9.17, 15) is 5.11 Å². The topological polar surface area (TPSA) is 75.1 Å². The fourth-order valence-corrected chi connectivity index (χ4v) is 3.20. The number of hydrogen-bond acceptors (Lipinski definition) is 4. The van der Waals surface area contributed by atoms with E-state index < -0.39 is 0 Å². The number of nitrogens with one attached hydrogen (secondary N) is 2. The quantitative estimate of drug-likeness (QED) is 0.298. The van der Waals surface area contributed by atoms with Crippen molar-refractivity contribution < 1.29 is 14.6 Å². The molecular weight excluding hydrogens is 481 g/mol. The van der Waals surface area contributed by atoms with E-state index >= 15 is 0 Å². The van der Waals surface area contributed by atoms with Crippen molar-refractivity contribution in [3.8, 4) is 17.2 Å². The zero-order valence-corrected chi connectivity index (χ0v) is 19.5. The van der Waals surface area contributed by atoms with Crippen molar-refractivity contribution in [1.29, 1.82) is 0 Å². The lowest BCUT2D eigenvalue weighted by Gasteiger charge is -2.15. The van der Waals surface area contributed by atoms with Gasteiger partial charge in [0.05, 0.1) is 13.2 Å². The highest BCUT2D eigenvalue weighted by Gasteiger charge is 2.21. The molecule has 0 saturated carbocycles. The molecular formula is C22H30IN3O3. The van der Waals surface area contributed by atoms with Gasteiger partial charge in [-0.2, -0.15) is 0 Å². The molecule has 6 nitrogen and oxygen atoms in total. The lowest BCUT2D eigenvalue weighted by Crippen LogP contribution is -2.36. The van der Waals surface area contributed by atoms with Crippen LogP contribution in [-0.2, 0) is 19.5 Å². The van der Waals surface area contributed by atoms with Crippen molar-refractivity contribution in [3.05, 3.63) is 53.1 Å². The number of guanidine groups is 1. The van der Waals surface area contributed by atoms with Crippen LogP contribution in [0, 0.1) is 0 Å². The largest absolute Gasteiger partial charge is 0.508 e. The van der Waals surface area contributed by atoms with Crippen LogP contribution < -0.4 is 20.1 Å². The van der Waals surface area contributed by atoms with Gasteiger partial charge in [0, 0.05) is 30.6 Å². The number of benzene rings is 2. The summed E-state index contributed by atoms with van der Waals surface area (Å²) >= 11 is 0. The van der Waals surface area contributed by atoms with E-state index in [4.69, 9.17) is 9.47 Å². The molecule has 0 bridgehead atoms. The summed E-state index contributed by atoms with van der Waals surface area (Å²) in [6.07, 6.45) is 1.12. The van der Waals surface area contributed by atoms with Gasteiger partial charge < -0.3 is 25.2 Å². The monoisotopic (exact) mass is 511 g/mol. The SMILES string of the molecule is CCNC(=NCc1ccc(O)cc1)NCc1cc2c(cc1OCC)CC(C)O2.I. The van der Waals surface area contributed by atoms with Crippen LogP contribution in [0.25, 0.3) is 0 Å². The van der Waals surface area contributed by atoms with E-state index in [0.29, 0.717) is 19.7 Å². The van der Waals surface area contributed by atoms with Crippen molar-refractivity contribution in [1.82, 2.24) is 10.6 Å². The molecule has 0 fully saturated rings. The molecule has 29 heavy (non-hydrogen) atoms. The van der Waals surface area contributed by atoms with Gasteiger partial charge in [0.1, 0.15) is 23.4 Å². The second-order valence-electron chi connectivity index (χ2n) is 6.85. The molecule has 2 aromatic rings. The summed E-state index contributed by atoms with van der Waals surface area (Å²) < 4.78 is 11.8. The molecule has 1 heterocycles. The number of nitrogens with zero attached hydrogens (tertiary/aromatic N) is 1. The van der Waals surface area contributed by atoms with Crippen molar-refractivity contribution in [2.45, 2.75) is 46.4 Å². The third kappa shape index (κ3) is 6.42. The second-order valence-corrected chi connectivity index (χ2v) is 6.85. The smallest absolute Gasteiger partial charge is 0.191 e. The Kier molecular flexibility index (Phi) is 8.88. The summed E-state index contributed by atoms with van der Waals surface area (Å²) in [4.78, 5) is 4.63. The maximum atomic E-state index is 9.40. The summed E-state index contributed by atoms with van der Waals surface area (Å²) in [6.45, 7) is 8.61. The number of phenolic OH excluding ortho intramolecular Hbond substituents is 1. The molecule has 0 amide bonds. The number of ether oxygens (including phenoxy) is 2. The number of halogens is 1. The highest BCUT2D eigenvalue weighted by atomic mass is 127. The zero-order valence-electron chi connectivity index (χ0n) is 17.2. The van der Waals surface area contributed by atoms with Crippen LogP contribution in [0.15, 0.2) is 41.4 Å². The Bertz CT molecular complexity index is 825. The standard InChI is InChI=1S/C22H29N3O3.HI/c1-4-23-22(24-13-16-6-8-19(26)9-7-16)25-14-18-12-21-17(10-15(3)28-21)11-20(18)27-5-2;/h6-9,11-12,15,26H,4-5,10,13-14H2,1-3H3,(H2,23,24,25);1H. The minimum Gasteiger partial charge on any atom is -0.508 e. The Morgan fingerprint density at radius 2 is 1.97 bits per heavy atom. The molecule has 0 radical (unpaired) electrons. The van der Waals surface area contributed by atoms with Crippen LogP contribution in [0.1, 0.15) is 37.5 Å². The second kappa shape index (κ2) is 11.1. The van der Waals surface area contributed by atoms with E-state index in [0.717, 1.165) is 41.6 Å². The van der Waals surface area contributed by atoms with Crippen LogP contribution in [-0.4, -0.2) is 30.3 Å². The minimum atomic E-state index is 0. The first-order chi connectivity index (χ1) is 13.6. The molecule has 1 aliphatic rings. The summed E-state index contributed by atoms with van der Waals surface area (Å²) in [6, 6.07) is 11.2. The number of aliphatic imine (C=N–C) groups is 1. The van der Waals surface area contributed by atoms with Gasteiger partial charge in [0.2, 0.25) is 0 Å². The third-order valence-electron chi connectivity index (χ3n) is 4.53. The number of rotatable bonds is 7. The molecule has 3 N–H and O–H groups in total. The van der Waals surface area contributed by atoms with E-state index in [1.165, 1.54) is 5.56 Å². The van der Waals surface area contributed by atoms with Gasteiger partial charge in [-0.15, -0.1) is 24.0 Å². The van der Waals surface area contributed by atoms with E-state index in [1.807, 2.05) is 26.0 Å². The molecule has 0 aromatic heterocycles. The van der Waals surface area contributed by atoms with E-state index in [2.05, 4.69) is 34.7 Å². The van der Waals surface area contributed by atoms with Crippen LogP contribution in [0.5, 0.6) is 17.2 Å². The van der Waals surface area contributed by atoms with Crippen molar-refractivity contribution >= 4 is 29.9 Å². The fraction of sp³-hybridized carbons (Fsp3) is 0.409. The van der Waals surface area contributed by atoms with Crippen LogP contribution in [0.2, 0.25) is 0 Å². The average Bonchev–Trinajstić information content (AvgIpc) is 3.04. The highest BCUT2D eigenvalue weighted by Crippen LogP contribution is 2.35. The van der Waals surface area contributed by atoms with Crippen LogP contribution in [0.4, 0.5) is 0 Å². The average molecular weight is 511 g/mol. The van der Waals surface area contributed by atoms with Gasteiger partial charge in [-0.05, 0) is 50.6 Å². The first-order valence-electron chi connectivity index (χ1n) is 9.84. The van der Waals surface area contributed by atoms with Gasteiger partial charge in [-0.25, -0.2) is 4.99 Å². The molecule has 1 unspecified atom stereocenters. The van der Waals surface area contributed by atoms with Crippen LogP contribution >= 0.6 is 24.0 Å². The number of hydrogen-bond donors (Lipinski definition) is 3. The molecule has 7 heteroatoms. The molecule has 3 rings (SSSR count). The Balaban J connectivity index is 0.00000300. The Labute approximate surface area is 189 Å². The molecule has 2 aromatic carbocycles. The fourth-order valence-electron chi connectivity index (χ4n) is 3.20. The Hall–Kier alpha value is -2.16. The van der Waals surface area contributed by atoms with Gasteiger partial charge in [0.25, 0.3) is 0 Å². The van der Waals surface area contributed by atoms with Gasteiger partial charge in [0.15, 0.2) is 5.96 Å². The first-order valence-corrected chi connectivity index (χ1v) is 9.84. The van der Waals surface area contributed by atoms with Gasteiger partial charge in [-0.3, -0.25) is 0 Å². The molecule has 0 saturated heterocycles. The van der Waals surface area contributed by atoms with Crippen LogP contribution in [0.3, 0.4) is 0 Å². The molecule has 1 aliphatic heterocycles. The predicted octanol–water partition coefficient (Wildman–Crippen LogP) is 3.99. The maximum Gasteiger partial charge on any atom is 0.191 e. The summed E-state index contributed by atoms with van der Waals surface area (Å²) in [7, 11) is 0. The van der Waals surface area contributed by atoms with Crippen molar-refractivity contribution in [2.24, 2.45) is 4.99 Å². The minimum absolute atomic E-state index is 0. The summed E-state index contributed by atoms with van der Waals surface area (Å²) in [5, 5.41) is 16.0. The number of fused-ring (bicyclic) bond motifs is 1. The van der Waals surface area contributed by atoms with E-state index in [-0.39, 0.29) is 35.8 Å². The van der Waals surface area contributed by atoms with E-state index in [1.54, 1.807) is 12.1 Å². The number of phenols is 1. The van der Waals surface area contributed by atoms with Gasteiger partial charge in [-0.1, -0.05) is 12.1 Å².